The van der Waals surface area contributed by atoms with Crippen LogP contribution in [-0.2, 0) is 6.54 Å². The minimum absolute atomic E-state index is 0.220. The first-order chi connectivity index (χ1) is 13.8. The highest BCUT2D eigenvalue weighted by Gasteiger charge is 2.37. The van der Waals surface area contributed by atoms with Crippen molar-refractivity contribution in [1.29, 1.82) is 0 Å². The Hall–Kier alpha value is -2.35. The summed E-state index contributed by atoms with van der Waals surface area (Å²) in [7, 11) is 0. The Labute approximate surface area is 164 Å². The molecule has 2 atom stereocenters. The summed E-state index contributed by atoms with van der Waals surface area (Å²) in [5, 5.41) is 19.4. The molecule has 3 aromatic heterocycles. The fourth-order valence-electron chi connectivity index (χ4n) is 4.71. The summed E-state index contributed by atoms with van der Waals surface area (Å²) in [4.78, 5) is 8.90. The second-order valence-corrected chi connectivity index (χ2v) is 7.98. The summed E-state index contributed by atoms with van der Waals surface area (Å²) in [5.74, 6) is 1.50. The Bertz CT molecular complexity index is 921. The normalized spacial score (nSPS) is 24.9. The number of aliphatic hydroxyl groups excluding tert-OH is 1. The van der Waals surface area contributed by atoms with Gasteiger partial charge in [0.25, 0.3) is 0 Å². The fraction of sp³-hybridized carbons (Fsp3) is 0.476. The molecule has 28 heavy (non-hydrogen) atoms. The summed E-state index contributed by atoms with van der Waals surface area (Å²) >= 11 is 0. The number of aromatic nitrogens is 4. The van der Waals surface area contributed by atoms with Crippen LogP contribution in [0.4, 0.5) is 0 Å². The molecule has 0 aromatic carbocycles. The lowest BCUT2D eigenvalue weighted by molar-refractivity contribution is 0.0657. The van der Waals surface area contributed by atoms with Gasteiger partial charge in [-0.05, 0) is 55.8 Å². The maximum absolute atomic E-state index is 10.7. The van der Waals surface area contributed by atoms with E-state index in [1.165, 1.54) is 5.56 Å². The number of β-amino-alcohol motifs (C(OH)–C–C–N with tert-alkyl or cyclic N) is 1. The zero-order chi connectivity index (χ0) is 18.9. The molecule has 0 saturated carbocycles. The van der Waals surface area contributed by atoms with Crippen LogP contribution in [0.3, 0.4) is 0 Å². The van der Waals surface area contributed by atoms with Gasteiger partial charge in [-0.2, -0.15) is 0 Å². The molecular formula is C21H26N6O. The average molecular weight is 378 g/mol. The second-order valence-electron chi connectivity index (χ2n) is 7.98. The predicted molar refractivity (Wildman–Crippen MR) is 106 cm³/mol. The molecule has 2 fully saturated rings. The second kappa shape index (κ2) is 7.58. The average Bonchev–Trinajstić information content (AvgIpc) is 3.32. The zero-order valence-electron chi connectivity index (χ0n) is 15.9. The minimum atomic E-state index is -0.285. The smallest absolute Gasteiger partial charge is 0.160 e. The first kappa shape index (κ1) is 17.7. The fourth-order valence-corrected chi connectivity index (χ4v) is 4.71. The SMILES string of the molecule is O[C@@H]1CN(Cc2ccncc2)C[C@H]1N1CCC(c2nnc3ccccn23)CC1. The molecule has 7 nitrogen and oxygen atoms in total. The molecule has 0 unspecified atom stereocenters. The van der Waals surface area contributed by atoms with Crippen LogP contribution < -0.4 is 0 Å². The zero-order valence-corrected chi connectivity index (χ0v) is 15.9. The molecule has 146 valence electrons. The number of likely N-dealkylation sites (tertiary alicyclic amines) is 2. The first-order valence-corrected chi connectivity index (χ1v) is 10.1. The van der Waals surface area contributed by atoms with Gasteiger partial charge in [0.15, 0.2) is 5.65 Å². The van der Waals surface area contributed by atoms with Crippen molar-refractivity contribution in [1.82, 2.24) is 29.4 Å². The van der Waals surface area contributed by atoms with Gasteiger partial charge in [0, 0.05) is 50.2 Å². The van der Waals surface area contributed by atoms with E-state index in [4.69, 9.17) is 0 Å². The molecule has 0 radical (unpaired) electrons. The molecule has 5 heterocycles. The molecule has 2 aliphatic heterocycles. The van der Waals surface area contributed by atoms with E-state index in [2.05, 4.69) is 35.6 Å². The van der Waals surface area contributed by atoms with Crippen molar-refractivity contribution in [2.75, 3.05) is 26.2 Å². The van der Waals surface area contributed by atoms with Crippen molar-refractivity contribution < 1.29 is 5.11 Å². The van der Waals surface area contributed by atoms with Gasteiger partial charge < -0.3 is 5.11 Å². The van der Waals surface area contributed by atoms with E-state index < -0.39 is 0 Å². The number of pyridine rings is 2. The van der Waals surface area contributed by atoms with Crippen molar-refractivity contribution in [2.45, 2.75) is 37.5 Å². The molecule has 0 amide bonds. The van der Waals surface area contributed by atoms with E-state index in [1.54, 1.807) is 0 Å². The van der Waals surface area contributed by atoms with E-state index in [0.29, 0.717) is 5.92 Å². The molecule has 0 bridgehead atoms. The van der Waals surface area contributed by atoms with Gasteiger partial charge in [0.05, 0.1) is 6.10 Å². The van der Waals surface area contributed by atoms with Crippen LogP contribution in [0.2, 0.25) is 0 Å². The monoisotopic (exact) mass is 378 g/mol. The first-order valence-electron chi connectivity index (χ1n) is 10.1. The summed E-state index contributed by atoms with van der Waals surface area (Å²) in [6.45, 7) is 4.52. The van der Waals surface area contributed by atoms with E-state index >= 15 is 0 Å². The van der Waals surface area contributed by atoms with Crippen molar-refractivity contribution in [3.63, 3.8) is 0 Å². The van der Waals surface area contributed by atoms with E-state index in [0.717, 1.165) is 57.0 Å². The van der Waals surface area contributed by atoms with E-state index in [1.807, 2.05) is 42.7 Å². The van der Waals surface area contributed by atoms with Crippen molar-refractivity contribution in [3.05, 3.63) is 60.3 Å². The van der Waals surface area contributed by atoms with Gasteiger partial charge >= 0.3 is 0 Å². The third-order valence-electron chi connectivity index (χ3n) is 6.19. The number of hydrogen-bond acceptors (Lipinski definition) is 6. The highest BCUT2D eigenvalue weighted by atomic mass is 16.3. The number of hydrogen-bond donors (Lipinski definition) is 1. The van der Waals surface area contributed by atoms with Crippen LogP contribution in [0.1, 0.15) is 30.1 Å². The van der Waals surface area contributed by atoms with Crippen molar-refractivity contribution in [3.8, 4) is 0 Å². The number of aliphatic hydroxyl groups is 1. The predicted octanol–water partition coefficient (Wildman–Crippen LogP) is 1.55. The number of fused-ring (bicyclic) bond motifs is 1. The third-order valence-corrected chi connectivity index (χ3v) is 6.19. The molecule has 2 saturated heterocycles. The summed E-state index contributed by atoms with van der Waals surface area (Å²) < 4.78 is 2.11. The van der Waals surface area contributed by atoms with Gasteiger partial charge in [-0.15, -0.1) is 10.2 Å². The van der Waals surface area contributed by atoms with Crippen LogP contribution in [-0.4, -0.2) is 72.8 Å². The van der Waals surface area contributed by atoms with Gasteiger partial charge in [-0.1, -0.05) is 6.07 Å². The molecule has 2 aliphatic rings. The number of piperidine rings is 1. The Morgan fingerprint density at radius 3 is 2.64 bits per heavy atom. The Balaban J connectivity index is 1.21. The molecule has 3 aromatic rings. The lowest BCUT2D eigenvalue weighted by atomic mass is 9.94. The summed E-state index contributed by atoms with van der Waals surface area (Å²) in [6.07, 6.45) is 7.55. The quantitative estimate of drug-likeness (QED) is 0.743. The maximum Gasteiger partial charge on any atom is 0.160 e. The Kier molecular flexibility index (Phi) is 4.80. The maximum atomic E-state index is 10.7. The molecule has 5 rings (SSSR count). The van der Waals surface area contributed by atoms with Crippen LogP contribution in [0.15, 0.2) is 48.9 Å². The molecule has 0 spiro atoms. The lowest BCUT2D eigenvalue weighted by Crippen LogP contribution is -2.47. The Morgan fingerprint density at radius 2 is 1.82 bits per heavy atom. The van der Waals surface area contributed by atoms with E-state index in [9.17, 15) is 5.11 Å². The van der Waals surface area contributed by atoms with Crippen molar-refractivity contribution in [2.24, 2.45) is 0 Å². The van der Waals surface area contributed by atoms with Gasteiger partial charge in [-0.3, -0.25) is 19.2 Å². The minimum Gasteiger partial charge on any atom is -0.390 e. The highest BCUT2D eigenvalue weighted by Crippen LogP contribution is 2.30. The standard InChI is InChI=1S/C21H26N6O/c28-19-15-25(13-16-4-8-22-9-5-16)14-18(19)26-11-6-17(7-12-26)21-24-23-20-3-1-2-10-27(20)21/h1-5,8-10,17-19,28H,6-7,11-15H2/t18-,19-/m1/s1. The number of rotatable bonds is 4. The topological polar surface area (TPSA) is 69.8 Å². The molecule has 7 heteroatoms. The highest BCUT2D eigenvalue weighted by molar-refractivity contribution is 5.37. The molecular weight excluding hydrogens is 352 g/mol. The number of nitrogens with zero attached hydrogens (tertiary/aromatic N) is 6. The molecule has 1 N–H and O–H groups in total. The summed E-state index contributed by atoms with van der Waals surface area (Å²) in [6, 6.07) is 10.3. The van der Waals surface area contributed by atoms with Gasteiger partial charge in [0.1, 0.15) is 5.82 Å². The summed E-state index contributed by atoms with van der Waals surface area (Å²) in [5.41, 5.74) is 2.16. The van der Waals surface area contributed by atoms with Crippen LogP contribution in [0.25, 0.3) is 5.65 Å². The molecule has 0 aliphatic carbocycles. The lowest BCUT2D eigenvalue weighted by Gasteiger charge is -2.36. The van der Waals surface area contributed by atoms with Crippen LogP contribution in [0, 0.1) is 0 Å². The largest absolute Gasteiger partial charge is 0.390 e. The van der Waals surface area contributed by atoms with Crippen LogP contribution >= 0.6 is 0 Å². The van der Waals surface area contributed by atoms with E-state index in [-0.39, 0.29) is 12.1 Å². The Morgan fingerprint density at radius 1 is 1.00 bits per heavy atom. The third kappa shape index (κ3) is 3.41. The van der Waals surface area contributed by atoms with Crippen molar-refractivity contribution >= 4 is 5.65 Å². The van der Waals surface area contributed by atoms with Gasteiger partial charge in [0.2, 0.25) is 0 Å². The van der Waals surface area contributed by atoms with Crippen LogP contribution in [0.5, 0.6) is 0 Å². The van der Waals surface area contributed by atoms with Gasteiger partial charge in [-0.25, -0.2) is 0 Å².